The van der Waals surface area contributed by atoms with Crippen LogP contribution in [0.15, 0.2) is 42.7 Å². The molecule has 3 aromatic rings. The summed E-state index contributed by atoms with van der Waals surface area (Å²) in [5, 5.41) is 16.8. The molecule has 8 rings (SSSR count). The zero-order valence-electron chi connectivity index (χ0n) is 22.7. The van der Waals surface area contributed by atoms with E-state index in [4.69, 9.17) is 18.9 Å². The molecule has 1 saturated heterocycles. The number of rotatable bonds is 4. The van der Waals surface area contributed by atoms with Crippen LogP contribution >= 0.6 is 0 Å². The van der Waals surface area contributed by atoms with Gasteiger partial charge < -0.3 is 34.5 Å². The number of aromatic nitrogens is 4. The van der Waals surface area contributed by atoms with E-state index in [2.05, 4.69) is 26.2 Å². The molecule has 2 aromatic carbocycles. The molecule has 216 valence electrons. The molecule has 14 heteroatoms. The molecule has 0 unspecified atom stereocenters. The smallest absolute Gasteiger partial charge is 0.258 e. The Labute approximate surface area is 235 Å². The third-order valence-electron chi connectivity index (χ3n) is 6.90. The summed E-state index contributed by atoms with van der Waals surface area (Å²) in [6.07, 6.45) is 1.57. The van der Waals surface area contributed by atoms with Crippen molar-refractivity contribution in [1.29, 1.82) is 0 Å². The van der Waals surface area contributed by atoms with Crippen molar-refractivity contribution in [3.8, 4) is 23.0 Å². The molecule has 0 spiro atoms. The molecule has 4 bridgehead atoms. The van der Waals surface area contributed by atoms with E-state index in [1.165, 1.54) is 25.2 Å². The topological polar surface area (TPSA) is 159 Å². The summed E-state index contributed by atoms with van der Waals surface area (Å²) in [5.74, 6) is 1.16. The van der Waals surface area contributed by atoms with Crippen LogP contribution in [-0.4, -0.2) is 88.9 Å². The van der Waals surface area contributed by atoms with Gasteiger partial charge in [-0.05, 0) is 46.7 Å². The van der Waals surface area contributed by atoms with Crippen LogP contribution in [0, 0.1) is 0 Å². The highest BCUT2D eigenvalue weighted by Gasteiger charge is 2.38. The van der Waals surface area contributed by atoms with E-state index in [0.29, 0.717) is 29.4 Å². The monoisotopic (exact) mass is 565 g/mol. The Bertz CT molecular complexity index is 1400. The van der Waals surface area contributed by atoms with E-state index in [1.807, 2.05) is 12.1 Å². The fourth-order valence-corrected chi connectivity index (χ4v) is 4.76. The summed E-state index contributed by atoms with van der Waals surface area (Å²) in [6, 6.07) is 10.1. The summed E-state index contributed by atoms with van der Waals surface area (Å²) in [5.41, 5.74) is 1.67. The van der Waals surface area contributed by atoms with Crippen molar-refractivity contribution in [2.75, 3.05) is 33.9 Å². The predicted molar refractivity (Wildman–Crippen MR) is 142 cm³/mol. The molecule has 0 saturated carbocycles. The maximum absolute atomic E-state index is 13.0. The number of benzene rings is 2. The van der Waals surface area contributed by atoms with Crippen molar-refractivity contribution < 1.29 is 33.3 Å². The van der Waals surface area contributed by atoms with Gasteiger partial charge in [-0.2, -0.15) is 0 Å². The molecule has 2 N–H and O–H groups in total. The van der Waals surface area contributed by atoms with Gasteiger partial charge in [0.2, 0.25) is 11.8 Å². The number of nitrogens with zero attached hydrogens (tertiary/aromatic N) is 5. The average molecular weight is 566 g/mol. The van der Waals surface area contributed by atoms with E-state index in [-0.39, 0.29) is 56.9 Å². The van der Waals surface area contributed by atoms with Gasteiger partial charge in [-0.3, -0.25) is 14.4 Å². The maximum Gasteiger partial charge on any atom is 0.258 e. The number of ether oxygens (including phenoxy) is 4. The number of carbonyl (C=O) groups excluding carboxylic acids is 3. The molecular weight excluding hydrogens is 534 g/mol. The Morgan fingerprint density at radius 1 is 1.05 bits per heavy atom. The molecule has 5 aliphatic rings. The van der Waals surface area contributed by atoms with Crippen LogP contribution in [-0.2, 0) is 33.9 Å². The third kappa shape index (κ3) is 6.83. The first-order valence-electron chi connectivity index (χ1n) is 13.1. The van der Waals surface area contributed by atoms with Crippen LogP contribution < -0.4 is 29.6 Å². The number of nitrogens with one attached hydrogen (secondary N) is 2. The van der Waals surface area contributed by atoms with Gasteiger partial charge in [0.1, 0.15) is 30.5 Å². The fraction of sp³-hybridized carbons (Fsp3) is 0.407. The van der Waals surface area contributed by atoms with Gasteiger partial charge in [-0.1, -0.05) is 6.07 Å². The number of aryl methyl sites for hydroxylation is 1. The van der Waals surface area contributed by atoms with Gasteiger partial charge in [0.05, 0.1) is 26.8 Å². The van der Waals surface area contributed by atoms with E-state index < -0.39 is 12.1 Å². The molecule has 0 radical (unpaired) electrons. The van der Waals surface area contributed by atoms with Crippen molar-refractivity contribution in [2.24, 2.45) is 0 Å². The zero-order valence-corrected chi connectivity index (χ0v) is 22.7. The molecule has 6 heterocycles. The Kier molecular flexibility index (Phi) is 8.46. The lowest BCUT2D eigenvalue weighted by atomic mass is 10.1. The second-order valence-corrected chi connectivity index (χ2v) is 9.66. The predicted octanol–water partition coefficient (Wildman–Crippen LogP) is 0.106. The number of likely N-dealkylation sites (tertiary alicyclic amines) is 1. The first-order valence-corrected chi connectivity index (χ1v) is 13.1. The van der Waals surface area contributed by atoms with Crippen LogP contribution in [0.2, 0.25) is 0 Å². The largest absolute Gasteiger partial charge is 0.496 e. The highest BCUT2D eigenvalue weighted by Crippen LogP contribution is 2.30. The van der Waals surface area contributed by atoms with Crippen LogP contribution in [0.1, 0.15) is 17.5 Å². The highest BCUT2D eigenvalue weighted by molar-refractivity contribution is 5.79. The number of hydrogen-bond acceptors (Lipinski definition) is 10. The van der Waals surface area contributed by atoms with Gasteiger partial charge in [0.15, 0.2) is 18.1 Å². The summed E-state index contributed by atoms with van der Waals surface area (Å²) >= 11 is 0. The molecule has 5 aliphatic heterocycles. The normalized spacial score (nSPS) is 19.4. The molecular formula is C27H31N7O7. The maximum atomic E-state index is 13.0. The number of tetrazole rings is 1. The fourth-order valence-electron chi connectivity index (χ4n) is 4.76. The van der Waals surface area contributed by atoms with Crippen molar-refractivity contribution in [3.63, 3.8) is 0 Å². The van der Waals surface area contributed by atoms with Crippen molar-refractivity contribution in [3.05, 3.63) is 53.9 Å². The van der Waals surface area contributed by atoms with Crippen molar-refractivity contribution in [2.45, 2.75) is 38.1 Å². The highest BCUT2D eigenvalue weighted by atomic mass is 16.5. The van der Waals surface area contributed by atoms with E-state index in [1.54, 1.807) is 29.2 Å². The summed E-state index contributed by atoms with van der Waals surface area (Å²) in [7, 11) is 3.05. The minimum Gasteiger partial charge on any atom is -0.496 e. The number of carbonyl (C=O) groups is 3. The van der Waals surface area contributed by atoms with Crippen LogP contribution in [0.25, 0.3) is 0 Å². The molecule has 41 heavy (non-hydrogen) atoms. The van der Waals surface area contributed by atoms with Crippen molar-refractivity contribution in [1.82, 2.24) is 35.7 Å². The number of hydrogen-bond donors (Lipinski definition) is 2. The standard InChI is InChI=1S/C27H31N7O7/c1-38-22-10-19-6-5-18(22)11-28-25(35)8-4-17-3-7-21(23(9-17)39-2)40-15-26(36)30-20-12-33(13-24(20)41-19)27(37)14-34-16-29-31-32-34/h3,5-7,9-10,16,20,24H,4,8,11-15H2,1-2H3,(H,28,35)(H,30,36)/t20-,24-/m1/s1. The summed E-state index contributed by atoms with van der Waals surface area (Å²) < 4.78 is 24.4. The van der Waals surface area contributed by atoms with Gasteiger partial charge in [-0.15, -0.1) is 5.10 Å². The summed E-state index contributed by atoms with van der Waals surface area (Å²) in [4.78, 5) is 40.1. The molecule has 3 amide bonds. The van der Waals surface area contributed by atoms with Crippen LogP contribution in [0.4, 0.5) is 0 Å². The van der Waals surface area contributed by atoms with E-state index in [0.717, 1.165) is 11.1 Å². The number of amides is 3. The van der Waals surface area contributed by atoms with Gasteiger partial charge in [-0.25, -0.2) is 4.68 Å². The van der Waals surface area contributed by atoms with Gasteiger partial charge in [0.25, 0.3) is 5.91 Å². The minimum absolute atomic E-state index is 0.0481. The SMILES string of the molecule is COc1cc2ccc1CNC(=O)CCc1ccc(c(OC)c1)OCC(=O)N[C@@H]1CN(C(=O)Cn3cnnn3)C[C@H]1O2. The third-order valence-corrected chi connectivity index (χ3v) is 6.90. The Morgan fingerprint density at radius 2 is 1.90 bits per heavy atom. The van der Waals surface area contributed by atoms with Gasteiger partial charge >= 0.3 is 0 Å². The number of methoxy groups -OCH3 is 2. The molecule has 14 nitrogen and oxygen atoms in total. The molecule has 0 aliphatic carbocycles. The Hall–Kier alpha value is -4.88. The van der Waals surface area contributed by atoms with E-state index >= 15 is 0 Å². The lowest BCUT2D eigenvalue weighted by molar-refractivity contribution is -0.131. The first-order chi connectivity index (χ1) is 19.9. The minimum atomic E-state index is -0.563. The molecule has 1 fully saturated rings. The Morgan fingerprint density at radius 3 is 2.68 bits per heavy atom. The van der Waals surface area contributed by atoms with Crippen LogP contribution in [0.3, 0.4) is 0 Å². The molecule has 2 atom stereocenters. The quantitative estimate of drug-likeness (QED) is 0.445. The second-order valence-electron chi connectivity index (χ2n) is 9.66. The zero-order chi connectivity index (χ0) is 28.8. The Balaban J connectivity index is 1.39. The lowest BCUT2D eigenvalue weighted by Gasteiger charge is -2.22. The van der Waals surface area contributed by atoms with E-state index in [9.17, 15) is 14.4 Å². The summed E-state index contributed by atoms with van der Waals surface area (Å²) in [6.45, 7) is 0.397. The van der Waals surface area contributed by atoms with Gasteiger partial charge in [0, 0.05) is 31.1 Å². The van der Waals surface area contributed by atoms with Crippen LogP contribution in [0.5, 0.6) is 23.0 Å². The average Bonchev–Trinajstić information content (AvgIpc) is 3.63. The molecule has 1 aromatic heterocycles. The first kappa shape index (κ1) is 27.7. The second kappa shape index (κ2) is 12.5. The van der Waals surface area contributed by atoms with Crippen molar-refractivity contribution >= 4 is 17.7 Å². The lowest BCUT2D eigenvalue weighted by Crippen LogP contribution is -2.47.